The first-order valence-electron chi connectivity index (χ1n) is 7.46. The third kappa shape index (κ3) is 3.21. The van der Waals surface area contributed by atoms with Crippen LogP contribution < -0.4 is 4.74 Å². The molecule has 0 aliphatic carbocycles. The van der Waals surface area contributed by atoms with E-state index in [1.807, 2.05) is 11.4 Å². The van der Waals surface area contributed by atoms with Crippen LogP contribution in [0.4, 0.5) is 0 Å². The largest absolute Gasteiger partial charge is 0.504 e. The fourth-order valence-electron chi connectivity index (χ4n) is 2.61. The number of para-hydroxylation sites is 1. The number of phenolic OH excluding ortho intramolecular Hbond substituents is 1. The highest BCUT2D eigenvalue weighted by atomic mass is 32.1. The van der Waals surface area contributed by atoms with Crippen molar-refractivity contribution in [1.29, 1.82) is 0 Å². The molecule has 0 atom stereocenters. The first kappa shape index (κ1) is 16.3. The summed E-state index contributed by atoms with van der Waals surface area (Å²) >= 11 is 1.70. The molecule has 0 unspecified atom stereocenters. The molecule has 7 heteroatoms. The average Bonchev–Trinajstić information content (AvgIpc) is 3.07. The summed E-state index contributed by atoms with van der Waals surface area (Å²) in [5.41, 5.74) is 1.12. The number of methoxy groups -OCH3 is 1. The molecule has 1 aromatic carbocycles. The van der Waals surface area contributed by atoms with Gasteiger partial charge in [-0.1, -0.05) is 6.07 Å². The summed E-state index contributed by atoms with van der Waals surface area (Å²) in [7, 11) is 1.39. The Balaban J connectivity index is 1.60. The molecule has 0 saturated heterocycles. The van der Waals surface area contributed by atoms with Crippen molar-refractivity contribution < 1.29 is 24.2 Å². The lowest BCUT2D eigenvalue weighted by Gasteiger charge is -2.26. The monoisotopic (exact) mass is 347 g/mol. The molecule has 1 N–H and O–H groups in total. The number of phenols is 1. The van der Waals surface area contributed by atoms with Crippen molar-refractivity contribution in [3.8, 4) is 11.5 Å². The van der Waals surface area contributed by atoms with E-state index in [-0.39, 0.29) is 29.6 Å². The van der Waals surface area contributed by atoms with Crippen molar-refractivity contribution in [2.24, 2.45) is 0 Å². The van der Waals surface area contributed by atoms with E-state index in [4.69, 9.17) is 9.47 Å². The topological polar surface area (TPSA) is 76.1 Å². The van der Waals surface area contributed by atoms with Crippen molar-refractivity contribution in [1.82, 2.24) is 4.90 Å². The van der Waals surface area contributed by atoms with E-state index >= 15 is 0 Å². The molecule has 0 fully saturated rings. The number of thiophene rings is 1. The summed E-state index contributed by atoms with van der Waals surface area (Å²) < 4.78 is 10.0. The Morgan fingerprint density at radius 2 is 2.17 bits per heavy atom. The SMILES string of the molecule is COc1cccc(C(=O)OCC(=O)N2CCc3sccc3C2)c1O. The van der Waals surface area contributed by atoms with Gasteiger partial charge in [0.05, 0.1) is 7.11 Å². The Bertz CT molecular complexity index is 770. The van der Waals surface area contributed by atoms with Gasteiger partial charge < -0.3 is 19.5 Å². The normalized spacial score (nSPS) is 13.3. The molecular weight excluding hydrogens is 330 g/mol. The van der Waals surface area contributed by atoms with Crippen LogP contribution in [0.3, 0.4) is 0 Å². The standard InChI is InChI=1S/C17H17NO5S/c1-22-13-4-2-3-12(16(13)20)17(21)23-10-15(19)18-7-5-14-11(9-18)6-8-24-14/h2-4,6,8,20H,5,7,9-10H2,1H3. The van der Waals surface area contributed by atoms with Crippen LogP contribution in [0.15, 0.2) is 29.6 Å². The Morgan fingerprint density at radius 3 is 2.96 bits per heavy atom. The van der Waals surface area contributed by atoms with Crippen molar-refractivity contribution in [2.45, 2.75) is 13.0 Å². The summed E-state index contributed by atoms with van der Waals surface area (Å²) in [4.78, 5) is 27.3. The predicted octanol–water partition coefficient (Wildman–Crippen LogP) is 2.20. The number of fused-ring (bicyclic) bond motifs is 1. The van der Waals surface area contributed by atoms with Gasteiger partial charge in [0.15, 0.2) is 18.1 Å². The summed E-state index contributed by atoms with van der Waals surface area (Å²) in [6.07, 6.45) is 0.823. The van der Waals surface area contributed by atoms with Crippen LogP contribution >= 0.6 is 11.3 Å². The number of nitrogens with zero attached hydrogens (tertiary/aromatic N) is 1. The number of benzene rings is 1. The number of rotatable bonds is 4. The Morgan fingerprint density at radius 1 is 1.33 bits per heavy atom. The summed E-state index contributed by atoms with van der Waals surface area (Å²) in [5.74, 6) is -1.12. The number of carbonyl (C=O) groups excluding carboxylic acids is 2. The summed E-state index contributed by atoms with van der Waals surface area (Å²) in [6, 6.07) is 6.53. The molecule has 2 heterocycles. The number of amides is 1. The number of esters is 1. The Labute approximate surface area is 143 Å². The molecule has 0 spiro atoms. The van der Waals surface area contributed by atoms with Crippen LogP contribution in [0.5, 0.6) is 11.5 Å². The van der Waals surface area contributed by atoms with Crippen molar-refractivity contribution in [2.75, 3.05) is 20.3 Å². The molecule has 1 aliphatic rings. The van der Waals surface area contributed by atoms with Crippen LogP contribution in [-0.2, 0) is 22.5 Å². The second-order valence-corrected chi connectivity index (χ2v) is 6.37. The fourth-order valence-corrected chi connectivity index (χ4v) is 3.50. The maximum atomic E-state index is 12.2. The zero-order valence-electron chi connectivity index (χ0n) is 13.2. The number of aromatic hydroxyl groups is 1. The molecule has 126 valence electrons. The fraction of sp³-hybridized carbons (Fsp3) is 0.294. The van der Waals surface area contributed by atoms with E-state index in [0.717, 1.165) is 12.0 Å². The minimum atomic E-state index is -0.756. The highest BCUT2D eigenvalue weighted by Gasteiger charge is 2.23. The first-order valence-corrected chi connectivity index (χ1v) is 8.34. The Hall–Kier alpha value is -2.54. The van der Waals surface area contributed by atoms with Crippen molar-refractivity contribution in [3.05, 3.63) is 45.6 Å². The first-order chi connectivity index (χ1) is 11.6. The van der Waals surface area contributed by atoms with Gasteiger partial charge in [-0.05, 0) is 35.6 Å². The van der Waals surface area contributed by atoms with Gasteiger partial charge in [-0.25, -0.2) is 4.79 Å². The van der Waals surface area contributed by atoms with Crippen molar-refractivity contribution in [3.63, 3.8) is 0 Å². The van der Waals surface area contributed by atoms with Gasteiger partial charge in [-0.2, -0.15) is 0 Å². The number of ether oxygens (including phenoxy) is 2. The number of hydrogen-bond donors (Lipinski definition) is 1. The highest BCUT2D eigenvalue weighted by molar-refractivity contribution is 7.10. The molecule has 0 bridgehead atoms. The lowest BCUT2D eigenvalue weighted by molar-refractivity contribution is -0.135. The molecular formula is C17H17NO5S. The van der Waals surface area contributed by atoms with E-state index in [1.165, 1.54) is 24.1 Å². The predicted molar refractivity (Wildman–Crippen MR) is 88.4 cm³/mol. The van der Waals surface area contributed by atoms with Crippen LogP contribution in [0.1, 0.15) is 20.8 Å². The molecule has 6 nitrogen and oxygen atoms in total. The molecule has 0 radical (unpaired) electrons. The van der Waals surface area contributed by atoms with Crippen LogP contribution in [-0.4, -0.2) is 42.1 Å². The lowest BCUT2D eigenvalue weighted by Crippen LogP contribution is -2.38. The molecule has 3 rings (SSSR count). The molecule has 24 heavy (non-hydrogen) atoms. The lowest BCUT2D eigenvalue weighted by atomic mass is 10.1. The van der Waals surface area contributed by atoms with Gasteiger partial charge in [-0.15, -0.1) is 11.3 Å². The van der Waals surface area contributed by atoms with E-state index in [9.17, 15) is 14.7 Å². The Kier molecular flexibility index (Phi) is 4.71. The number of hydrogen-bond acceptors (Lipinski definition) is 6. The summed E-state index contributed by atoms with van der Waals surface area (Å²) in [6.45, 7) is 0.808. The minimum absolute atomic E-state index is 0.0269. The molecule has 0 saturated carbocycles. The maximum absolute atomic E-state index is 12.2. The maximum Gasteiger partial charge on any atom is 0.342 e. The van der Waals surface area contributed by atoms with E-state index in [0.29, 0.717) is 13.1 Å². The quantitative estimate of drug-likeness (QED) is 0.858. The smallest absolute Gasteiger partial charge is 0.342 e. The molecule has 2 aromatic rings. The van der Waals surface area contributed by atoms with E-state index in [1.54, 1.807) is 22.3 Å². The minimum Gasteiger partial charge on any atom is -0.504 e. The van der Waals surface area contributed by atoms with E-state index in [2.05, 4.69) is 0 Å². The average molecular weight is 347 g/mol. The summed E-state index contributed by atoms with van der Waals surface area (Å²) in [5, 5.41) is 12.0. The van der Waals surface area contributed by atoms with Crippen molar-refractivity contribution >= 4 is 23.2 Å². The van der Waals surface area contributed by atoms with Crippen LogP contribution in [0, 0.1) is 0 Å². The molecule has 1 aromatic heterocycles. The molecule has 1 aliphatic heterocycles. The zero-order valence-corrected chi connectivity index (χ0v) is 14.0. The van der Waals surface area contributed by atoms with Crippen LogP contribution in [0.25, 0.3) is 0 Å². The van der Waals surface area contributed by atoms with E-state index < -0.39 is 5.97 Å². The highest BCUT2D eigenvalue weighted by Crippen LogP contribution is 2.30. The molecule has 1 amide bonds. The van der Waals surface area contributed by atoms with Gasteiger partial charge in [0.25, 0.3) is 5.91 Å². The van der Waals surface area contributed by atoms with Gasteiger partial charge in [0.1, 0.15) is 5.56 Å². The third-order valence-electron chi connectivity index (χ3n) is 3.93. The number of carbonyl (C=O) groups is 2. The van der Waals surface area contributed by atoms with Gasteiger partial charge >= 0.3 is 5.97 Å². The zero-order chi connectivity index (χ0) is 17.1. The van der Waals surface area contributed by atoms with Crippen LogP contribution in [0.2, 0.25) is 0 Å². The van der Waals surface area contributed by atoms with Gasteiger partial charge in [0, 0.05) is 18.0 Å². The second kappa shape index (κ2) is 6.92. The van der Waals surface area contributed by atoms with Gasteiger partial charge in [0.2, 0.25) is 0 Å². The third-order valence-corrected chi connectivity index (χ3v) is 4.95. The second-order valence-electron chi connectivity index (χ2n) is 5.37. The van der Waals surface area contributed by atoms with Gasteiger partial charge in [-0.3, -0.25) is 4.79 Å².